The van der Waals surface area contributed by atoms with Crippen molar-refractivity contribution in [1.29, 1.82) is 0 Å². The molecule has 0 bridgehead atoms. The van der Waals surface area contributed by atoms with E-state index >= 15 is 0 Å². The molecule has 11 rings (SSSR count). The zero-order valence-corrected chi connectivity index (χ0v) is 32.2. The first kappa shape index (κ1) is 34.4. The molecule has 278 valence electrons. The standard InChI is InChI=1S/C56H38N2O/c1-4-15-40(16-5-1)51-26-14-27-52-53-38-47(34-36-55(53)59-56(51)52)58(46-32-30-45(31-33-46)57(43-20-6-2-7-21-43)44-22-8-3-9-23-44)54-28-13-19-41-37-42(29-35-50(41)54)49-25-12-18-39-17-10-11-24-48(39)49/h1-38H. The van der Waals surface area contributed by atoms with Gasteiger partial charge < -0.3 is 14.2 Å². The fraction of sp³-hybridized carbons (Fsp3) is 0. The Kier molecular flexibility index (Phi) is 8.49. The van der Waals surface area contributed by atoms with Crippen LogP contribution < -0.4 is 9.80 Å². The smallest absolute Gasteiger partial charge is 0.143 e. The summed E-state index contributed by atoms with van der Waals surface area (Å²) in [5.41, 5.74) is 12.9. The van der Waals surface area contributed by atoms with Crippen LogP contribution in [0.25, 0.3) is 65.7 Å². The second-order valence-electron chi connectivity index (χ2n) is 14.9. The summed E-state index contributed by atoms with van der Waals surface area (Å²) in [6.07, 6.45) is 0. The molecule has 0 spiro atoms. The Morgan fingerprint density at radius 1 is 0.288 bits per heavy atom. The lowest BCUT2D eigenvalue weighted by Gasteiger charge is -2.29. The van der Waals surface area contributed by atoms with Crippen molar-refractivity contribution in [1.82, 2.24) is 0 Å². The van der Waals surface area contributed by atoms with Crippen LogP contribution in [0.5, 0.6) is 0 Å². The van der Waals surface area contributed by atoms with E-state index in [0.29, 0.717) is 0 Å². The van der Waals surface area contributed by atoms with Crippen LogP contribution in [0, 0.1) is 0 Å². The van der Waals surface area contributed by atoms with Gasteiger partial charge in [0.2, 0.25) is 0 Å². The molecule has 3 heteroatoms. The molecule has 0 fully saturated rings. The highest BCUT2D eigenvalue weighted by atomic mass is 16.3. The van der Waals surface area contributed by atoms with Crippen molar-refractivity contribution in [2.75, 3.05) is 9.80 Å². The van der Waals surface area contributed by atoms with E-state index in [1.807, 2.05) is 6.07 Å². The number of furan rings is 1. The van der Waals surface area contributed by atoms with Crippen molar-refractivity contribution in [2.24, 2.45) is 0 Å². The van der Waals surface area contributed by atoms with Gasteiger partial charge in [-0.05, 0) is 112 Å². The number of anilines is 6. The molecule has 59 heavy (non-hydrogen) atoms. The van der Waals surface area contributed by atoms with Gasteiger partial charge in [-0.1, -0.05) is 152 Å². The summed E-state index contributed by atoms with van der Waals surface area (Å²) >= 11 is 0. The van der Waals surface area contributed by atoms with E-state index in [2.05, 4.69) is 234 Å². The summed E-state index contributed by atoms with van der Waals surface area (Å²) in [6.45, 7) is 0. The molecule has 10 aromatic carbocycles. The third kappa shape index (κ3) is 6.17. The minimum atomic E-state index is 0.862. The van der Waals surface area contributed by atoms with Gasteiger partial charge in [-0.2, -0.15) is 0 Å². The van der Waals surface area contributed by atoms with Crippen molar-refractivity contribution < 1.29 is 4.42 Å². The Labute approximate surface area is 343 Å². The lowest BCUT2D eigenvalue weighted by Crippen LogP contribution is -2.12. The van der Waals surface area contributed by atoms with E-state index in [1.165, 1.54) is 32.7 Å². The van der Waals surface area contributed by atoms with Crippen LogP contribution in [0.2, 0.25) is 0 Å². The third-order valence-corrected chi connectivity index (χ3v) is 11.4. The SMILES string of the molecule is c1ccc(-c2cccc3c2oc2ccc(N(c4ccc(N(c5ccccc5)c5ccccc5)cc4)c4cccc5cc(-c6cccc7ccccc67)ccc45)cc23)cc1. The zero-order chi connectivity index (χ0) is 39.1. The summed E-state index contributed by atoms with van der Waals surface area (Å²) in [7, 11) is 0. The summed E-state index contributed by atoms with van der Waals surface area (Å²) in [4.78, 5) is 4.69. The summed E-state index contributed by atoms with van der Waals surface area (Å²) in [5, 5.41) is 7.01. The predicted octanol–water partition coefficient (Wildman–Crippen LogP) is 16.2. The molecule has 0 unspecified atom stereocenters. The maximum absolute atomic E-state index is 6.64. The fourth-order valence-corrected chi connectivity index (χ4v) is 8.66. The molecule has 1 heterocycles. The molecule has 0 saturated heterocycles. The van der Waals surface area contributed by atoms with Crippen LogP contribution in [0.15, 0.2) is 235 Å². The first-order valence-electron chi connectivity index (χ1n) is 20.1. The molecular formula is C56H38N2O. The zero-order valence-electron chi connectivity index (χ0n) is 32.2. The largest absolute Gasteiger partial charge is 0.455 e. The van der Waals surface area contributed by atoms with Gasteiger partial charge >= 0.3 is 0 Å². The molecule has 11 aromatic rings. The highest BCUT2D eigenvalue weighted by molar-refractivity contribution is 6.11. The number of benzene rings is 10. The highest BCUT2D eigenvalue weighted by Gasteiger charge is 2.20. The minimum Gasteiger partial charge on any atom is -0.455 e. The molecule has 0 aliphatic heterocycles. The number of nitrogens with zero attached hydrogens (tertiary/aromatic N) is 2. The Morgan fingerprint density at radius 3 is 1.61 bits per heavy atom. The Balaban J connectivity index is 1.08. The molecule has 0 saturated carbocycles. The Bertz CT molecular complexity index is 3220. The highest BCUT2D eigenvalue weighted by Crippen LogP contribution is 2.45. The van der Waals surface area contributed by atoms with Gasteiger partial charge in [0, 0.05) is 50.2 Å². The van der Waals surface area contributed by atoms with Gasteiger partial charge in [-0.3, -0.25) is 0 Å². The molecule has 0 aliphatic carbocycles. The Hall–Kier alpha value is -7.88. The molecule has 3 nitrogen and oxygen atoms in total. The van der Waals surface area contributed by atoms with Crippen LogP contribution in [0.4, 0.5) is 34.1 Å². The lowest BCUT2D eigenvalue weighted by molar-refractivity contribution is 0.670. The second-order valence-corrected chi connectivity index (χ2v) is 14.9. The maximum Gasteiger partial charge on any atom is 0.143 e. The number of hydrogen-bond acceptors (Lipinski definition) is 3. The molecule has 0 aliphatic rings. The van der Waals surface area contributed by atoms with Crippen molar-refractivity contribution in [3.63, 3.8) is 0 Å². The summed E-state index contributed by atoms with van der Waals surface area (Å²) in [6, 6.07) is 82.3. The number of fused-ring (bicyclic) bond motifs is 5. The summed E-state index contributed by atoms with van der Waals surface area (Å²) in [5.74, 6) is 0. The first-order valence-corrected chi connectivity index (χ1v) is 20.1. The first-order chi connectivity index (χ1) is 29.3. The quantitative estimate of drug-likeness (QED) is 0.154. The number of hydrogen-bond donors (Lipinski definition) is 0. The molecule has 0 atom stereocenters. The van der Waals surface area contributed by atoms with Gasteiger partial charge in [0.25, 0.3) is 0 Å². The average Bonchev–Trinajstić information content (AvgIpc) is 3.69. The van der Waals surface area contributed by atoms with Crippen molar-refractivity contribution in [2.45, 2.75) is 0 Å². The predicted molar refractivity (Wildman–Crippen MR) is 249 cm³/mol. The number of para-hydroxylation sites is 3. The molecule has 0 radical (unpaired) electrons. The van der Waals surface area contributed by atoms with Gasteiger partial charge in [0.15, 0.2) is 0 Å². The molecule has 0 N–H and O–H groups in total. The average molecular weight is 755 g/mol. The summed E-state index contributed by atoms with van der Waals surface area (Å²) < 4.78 is 6.64. The molecule has 0 amide bonds. The molecule has 1 aromatic heterocycles. The van der Waals surface area contributed by atoms with E-state index in [1.54, 1.807) is 0 Å². The second kappa shape index (κ2) is 14.6. The van der Waals surface area contributed by atoms with E-state index in [0.717, 1.165) is 67.2 Å². The van der Waals surface area contributed by atoms with Crippen LogP contribution in [-0.2, 0) is 0 Å². The fourth-order valence-electron chi connectivity index (χ4n) is 8.66. The maximum atomic E-state index is 6.64. The minimum absolute atomic E-state index is 0.862. The van der Waals surface area contributed by atoms with Gasteiger partial charge in [0.05, 0.1) is 5.69 Å². The number of rotatable bonds is 8. The Morgan fingerprint density at radius 2 is 0.847 bits per heavy atom. The van der Waals surface area contributed by atoms with E-state index < -0.39 is 0 Å². The van der Waals surface area contributed by atoms with Gasteiger partial charge in [-0.15, -0.1) is 0 Å². The third-order valence-electron chi connectivity index (χ3n) is 11.4. The topological polar surface area (TPSA) is 19.6 Å². The van der Waals surface area contributed by atoms with Crippen molar-refractivity contribution in [3.05, 3.63) is 231 Å². The van der Waals surface area contributed by atoms with Gasteiger partial charge in [0.1, 0.15) is 11.2 Å². The monoisotopic (exact) mass is 754 g/mol. The van der Waals surface area contributed by atoms with Crippen molar-refractivity contribution in [3.8, 4) is 22.3 Å². The normalized spacial score (nSPS) is 11.4. The van der Waals surface area contributed by atoms with E-state index in [4.69, 9.17) is 4.42 Å². The van der Waals surface area contributed by atoms with Crippen LogP contribution in [-0.4, -0.2) is 0 Å². The van der Waals surface area contributed by atoms with E-state index in [-0.39, 0.29) is 0 Å². The van der Waals surface area contributed by atoms with E-state index in [9.17, 15) is 0 Å². The van der Waals surface area contributed by atoms with Crippen LogP contribution >= 0.6 is 0 Å². The lowest BCUT2D eigenvalue weighted by atomic mass is 9.95. The van der Waals surface area contributed by atoms with Crippen LogP contribution in [0.1, 0.15) is 0 Å². The van der Waals surface area contributed by atoms with Crippen molar-refractivity contribution >= 4 is 77.6 Å². The van der Waals surface area contributed by atoms with Crippen LogP contribution in [0.3, 0.4) is 0 Å². The molecular weight excluding hydrogens is 717 g/mol. The van der Waals surface area contributed by atoms with Gasteiger partial charge in [-0.25, -0.2) is 0 Å².